The molecule has 5 nitrogen and oxygen atoms in total. The lowest BCUT2D eigenvalue weighted by molar-refractivity contribution is -0.0129. The minimum atomic E-state index is -0.0438. The lowest BCUT2D eigenvalue weighted by atomic mass is 10.1. The normalized spacial score (nSPS) is 20.2. The second-order valence-electron chi connectivity index (χ2n) is 4.22. The lowest BCUT2D eigenvalue weighted by Crippen LogP contribution is -2.26. The van der Waals surface area contributed by atoms with Crippen LogP contribution in [0.25, 0.3) is 0 Å². The van der Waals surface area contributed by atoms with E-state index in [-0.39, 0.29) is 12.7 Å². The van der Waals surface area contributed by atoms with Crippen molar-refractivity contribution in [3.8, 4) is 6.01 Å². The third kappa shape index (κ3) is 3.38. The van der Waals surface area contributed by atoms with E-state index in [0.717, 1.165) is 30.7 Å². The first kappa shape index (κ1) is 12.3. The first-order valence-electron chi connectivity index (χ1n) is 5.97. The molecule has 2 rings (SSSR count). The van der Waals surface area contributed by atoms with Crippen LogP contribution in [0, 0.1) is 6.92 Å². The van der Waals surface area contributed by atoms with Gasteiger partial charge in [0.1, 0.15) is 6.61 Å². The van der Waals surface area contributed by atoms with E-state index >= 15 is 0 Å². The van der Waals surface area contributed by atoms with Crippen LogP contribution in [0.5, 0.6) is 6.01 Å². The number of aryl methyl sites for hydroxylation is 1. The van der Waals surface area contributed by atoms with E-state index in [0.29, 0.717) is 12.6 Å². The maximum absolute atomic E-state index is 9.00. The van der Waals surface area contributed by atoms with Gasteiger partial charge in [-0.3, -0.25) is 0 Å². The second kappa shape index (κ2) is 5.93. The van der Waals surface area contributed by atoms with E-state index < -0.39 is 0 Å². The average molecular weight is 238 g/mol. The molecule has 0 aromatic carbocycles. The van der Waals surface area contributed by atoms with Crippen LogP contribution in [0.1, 0.15) is 30.5 Å². The standard InChI is InChI=1S/C12H18N2O3/c1-9-10(7-15)6-13-12(14-9)17-8-11-4-2-3-5-16-11/h6,11,15H,2-5,7-8H2,1H3. The van der Waals surface area contributed by atoms with Gasteiger partial charge in [0.15, 0.2) is 0 Å². The van der Waals surface area contributed by atoms with E-state index in [1.165, 1.54) is 6.42 Å². The van der Waals surface area contributed by atoms with Gasteiger partial charge >= 0.3 is 6.01 Å². The zero-order valence-electron chi connectivity index (χ0n) is 10.1. The molecule has 1 aromatic rings. The highest BCUT2D eigenvalue weighted by Crippen LogP contribution is 2.14. The minimum Gasteiger partial charge on any atom is -0.461 e. The first-order valence-corrected chi connectivity index (χ1v) is 5.97. The Morgan fingerprint density at radius 2 is 2.41 bits per heavy atom. The number of hydrogen-bond donors (Lipinski definition) is 1. The molecule has 17 heavy (non-hydrogen) atoms. The van der Waals surface area contributed by atoms with Crippen LogP contribution in [-0.2, 0) is 11.3 Å². The van der Waals surface area contributed by atoms with Gasteiger partial charge in [-0.1, -0.05) is 0 Å². The Labute approximate surface area is 101 Å². The van der Waals surface area contributed by atoms with Gasteiger partial charge in [0.05, 0.1) is 18.4 Å². The van der Waals surface area contributed by atoms with Gasteiger partial charge in [0.25, 0.3) is 0 Å². The van der Waals surface area contributed by atoms with Crippen LogP contribution in [0.3, 0.4) is 0 Å². The van der Waals surface area contributed by atoms with Gasteiger partial charge in [-0.05, 0) is 26.2 Å². The van der Waals surface area contributed by atoms with Crippen LogP contribution in [-0.4, -0.2) is 34.4 Å². The SMILES string of the molecule is Cc1nc(OCC2CCCCO2)ncc1CO. The molecule has 1 saturated heterocycles. The summed E-state index contributed by atoms with van der Waals surface area (Å²) in [4.78, 5) is 8.23. The summed E-state index contributed by atoms with van der Waals surface area (Å²) in [5.74, 6) is 0. The monoisotopic (exact) mass is 238 g/mol. The van der Waals surface area contributed by atoms with Crippen molar-refractivity contribution in [3.63, 3.8) is 0 Å². The van der Waals surface area contributed by atoms with Gasteiger partial charge in [-0.2, -0.15) is 0 Å². The molecule has 0 radical (unpaired) electrons. The Bertz CT molecular complexity index is 365. The topological polar surface area (TPSA) is 64.5 Å². The summed E-state index contributed by atoms with van der Waals surface area (Å²) in [6.45, 7) is 3.10. The fraction of sp³-hybridized carbons (Fsp3) is 0.667. The van der Waals surface area contributed by atoms with E-state index in [2.05, 4.69) is 9.97 Å². The zero-order chi connectivity index (χ0) is 12.1. The van der Waals surface area contributed by atoms with E-state index in [1.54, 1.807) is 6.20 Å². The van der Waals surface area contributed by atoms with Crippen LogP contribution >= 0.6 is 0 Å². The fourth-order valence-electron chi connectivity index (χ4n) is 1.80. The molecule has 1 atom stereocenters. The molecule has 2 heterocycles. The maximum atomic E-state index is 9.00. The summed E-state index contributed by atoms with van der Waals surface area (Å²) in [6.07, 6.45) is 5.12. The third-order valence-electron chi connectivity index (χ3n) is 2.90. The van der Waals surface area contributed by atoms with Crippen LogP contribution < -0.4 is 4.74 Å². The van der Waals surface area contributed by atoms with Crippen molar-refractivity contribution >= 4 is 0 Å². The van der Waals surface area contributed by atoms with E-state index in [9.17, 15) is 0 Å². The molecule has 0 saturated carbocycles. The van der Waals surface area contributed by atoms with Crippen molar-refractivity contribution in [2.75, 3.05) is 13.2 Å². The molecule has 0 amide bonds. The molecule has 5 heteroatoms. The number of hydrogen-bond acceptors (Lipinski definition) is 5. The Kier molecular flexibility index (Phi) is 4.28. The van der Waals surface area contributed by atoms with Gasteiger partial charge in [-0.25, -0.2) is 9.97 Å². The number of aliphatic hydroxyl groups excluding tert-OH is 1. The van der Waals surface area contributed by atoms with Crippen LogP contribution in [0.15, 0.2) is 6.20 Å². The van der Waals surface area contributed by atoms with Crippen LogP contribution in [0.2, 0.25) is 0 Å². The van der Waals surface area contributed by atoms with Crippen molar-refractivity contribution in [3.05, 3.63) is 17.5 Å². The predicted molar refractivity (Wildman–Crippen MR) is 61.8 cm³/mol. The predicted octanol–water partition coefficient (Wildman–Crippen LogP) is 1.23. The van der Waals surface area contributed by atoms with Crippen molar-refractivity contribution in [2.24, 2.45) is 0 Å². The van der Waals surface area contributed by atoms with Crippen molar-refractivity contribution in [1.29, 1.82) is 0 Å². The first-order chi connectivity index (χ1) is 8.29. The molecule has 94 valence electrons. The number of ether oxygens (including phenoxy) is 2. The lowest BCUT2D eigenvalue weighted by Gasteiger charge is -2.22. The van der Waals surface area contributed by atoms with Gasteiger partial charge in [0, 0.05) is 18.4 Å². The molecular formula is C12H18N2O3. The Balaban J connectivity index is 1.87. The largest absolute Gasteiger partial charge is 0.461 e. The average Bonchev–Trinajstić information content (AvgIpc) is 2.38. The van der Waals surface area contributed by atoms with Gasteiger partial charge in [-0.15, -0.1) is 0 Å². The van der Waals surface area contributed by atoms with Gasteiger partial charge < -0.3 is 14.6 Å². The van der Waals surface area contributed by atoms with E-state index in [4.69, 9.17) is 14.6 Å². The van der Waals surface area contributed by atoms with E-state index in [1.807, 2.05) is 6.92 Å². The summed E-state index contributed by atoms with van der Waals surface area (Å²) in [5, 5.41) is 9.00. The Hall–Kier alpha value is -1.20. The second-order valence-corrected chi connectivity index (χ2v) is 4.22. The molecule has 1 fully saturated rings. The molecule has 0 aliphatic carbocycles. The number of aliphatic hydroxyl groups is 1. The zero-order valence-corrected chi connectivity index (χ0v) is 10.1. The quantitative estimate of drug-likeness (QED) is 0.854. The molecule has 1 N–H and O–H groups in total. The Morgan fingerprint density at radius 3 is 3.06 bits per heavy atom. The molecule has 1 unspecified atom stereocenters. The summed E-state index contributed by atoms with van der Waals surface area (Å²) >= 11 is 0. The molecule has 1 aliphatic heterocycles. The third-order valence-corrected chi connectivity index (χ3v) is 2.90. The summed E-state index contributed by atoms with van der Waals surface area (Å²) in [7, 11) is 0. The molecule has 0 spiro atoms. The van der Waals surface area contributed by atoms with Crippen molar-refractivity contribution in [2.45, 2.75) is 38.9 Å². The maximum Gasteiger partial charge on any atom is 0.316 e. The highest BCUT2D eigenvalue weighted by Gasteiger charge is 2.15. The Morgan fingerprint density at radius 1 is 1.53 bits per heavy atom. The van der Waals surface area contributed by atoms with Crippen molar-refractivity contribution in [1.82, 2.24) is 9.97 Å². The van der Waals surface area contributed by atoms with Crippen LogP contribution in [0.4, 0.5) is 0 Å². The minimum absolute atomic E-state index is 0.0438. The van der Waals surface area contributed by atoms with Gasteiger partial charge in [0.2, 0.25) is 0 Å². The number of rotatable bonds is 4. The highest BCUT2D eigenvalue weighted by molar-refractivity contribution is 5.16. The number of aromatic nitrogens is 2. The fourth-order valence-corrected chi connectivity index (χ4v) is 1.80. The summed E-state index contributed by atoms with van der Waals surface area (Å²) in [6, 6.07) is 0.355. The summed E-state index contributed by atoms with van der Waals surface area (Å²) < 4.78 is 11.1. The molecule has 1 aliphatic rings. The molecule has 1 aromatic heterocycles. The molecular weight excluding hydrogens is 220 g/mol. The highest BCUT2D eigenvalue weighted by atomic mass is 16.5. The number of nitrogens with zero attached hydrogens (tertiary/aromatic N) is 2. The van der Waals surface area contributed by atoms with Crippen molar-refractivity contribution < 1.29 is 14.6 Å². The smallest absolute Gasteiger partial charge is 0.316 e. The molecule has 0 bridgehead atoms. The summed E-state index contributed by atoms with van der Waals surface area (Å²) in [5.41, 5.74) is 1.48.